The molecule has 0 aliphatic heterocycles. The maximum Gasteiger partial charge on any atom is 0.237 e. The summed E-state index contributed by atoms with van der Waals surface area (Å²) in [6.45, 7) is 7.74. The van der Waals surface area contributed by atoms with Gasteiger partial charge in [0.2, 0.25) is 11.1 Å². The second-order valence-electron chi connectivity index (χ2n) is 6.30. The van der Waals surface area contributed by atoms with Crippen LogP contribution in [0, 0.1) is 0 Å². The van der Waals surface area contributed by atoms with E-state index in [-0.39, 0.29) is 11.3 Å². The van der Waals surface area contributed by atoms with Crippen LogP contribution < -0.4 is 11.2 Å². The topological polar surface area (TPSA) is 85.8 Å². The summed E-state index contributed by atoms with van der Waals surface area (Å²) < 4.78 is 1.42. The van der Waals surface area contributed by atoms with E-state index in [1.807, 2.05) is 20.8 Å². The molecule has 3 N–H and O–H groups in total. The molecule has 2 aromatic rings. The van der Waals surface area contributed by atoms with Crippen molar-refractivity contribution in [1.29, 1.82) is 0 Å². The van der Waals surface area contributed by atoms with E-state index in [0.717, 1.165) is 0 Å². The van der Waals surface area contributed by atoms with E-state index >= 15 is 0 Å². The van der Waals surface area contributed by atoms with Crippen LogP contribution in [0.4, 0.5) is 5.69 Å². The summed E-state index contributed by atoms with van der Waals surface area (Å²) in [6.07, 6.45) is 0. The predicted octanol–water partition coefficient (Wildman–Crippen LogP) is 3.72. The van der Waals surface area contributed by atoms with Gasteiger partial charge in [0.1, 0.15) is 0 Å². The quantitative estimate of drug-likeness (QED) is 0.616. The number of nitrogens with one attached hydrogen (secondary N) is 1. The van der Waals surface area contributed by atoms with Gasteiger partial charge in [0.05, 0.1) is 16.0 Å². The fourth-order valence-electron chi connectivity index (χ4n) is 1.91. The van der Waals surface area contributed by atoms with Gasteiger partial charge in [0.15, 0.2) is 5.82 Å². The molecule has 6 nitrogen and oxygen atoms in total. The standard InChI is InChI=1S/C15H19Cl2N5OS/c1-8(12(23)19-11-6-5-9(16)7-10(11)17)24-14-21-20-13(22(14)18)15(2,3)4/h5-8H,18H2,1-4H3,(H,19,23)/t8-/m1/s1. The van der Waals surface area contributed by atoms with Crippen LogP contribution in [0.15, 0.2) is 23.4 Å². The van der Waals surface area contributed by atoms with Crippen LogP contribution in [-0.2, 0) is 10.2 Å². The minimum absolute atomic E-state index is 0.218. The molecular formula is C15H19Cl2N5OS. The zero-order chi connectivity index (χ0) is 18.1. The predicted molar refractivity (Wildman–Crippen MR) is 99.3 cm³/mol. The van der Waals surface area contributed by atoms with Gasteiger partial charge in [-0.05, 0) is 25.1 Å². The maximum atomic E-state index is 12.3. The lowest BCUT2D eigenvalue weighted by Crippen LogP contribution is -2.26. The Morgan fingerprint density at radius 3 is 2.54 bits per heavy atom. The Morgan fingerprint density at radius 2 is 2.00 bits per heavy atom. The summed E-state index contributed by atoms with van der Waals surface area (Å²) in [5.41, 5.74) is 0.270. The van der Waals surface area contributed by atoms with Crippen LogP contribution in [0.25, 0.3) is 0 Å². The van der Waals surface area contributed by atoms with E-state index in [1.165, 1.54) is 16.4 Å². The number of halogens is 2. The van der Waals surface area contributed by atoms with E-state index in [0.29, 0.717) is 26.7 Å². The smallest absolute Gasteiger partial charge is 0.237 e. The zero-order valence-electron chi connectivity index (χ0n) is 13.8. The van der Waals surface area contributed by atoms with E-state index in [1.54, 1.807) is 25.1 Å². The molecule has 0 saturated carbocycles. The number of nitrogens with zero attached hydrogens (tertiary/aromatic N) is 3. The number of nitrogens with two attached hydrogens (primary N) is 1. The number of anilines is 1. The van der Waals surface area contributed by atoms with Crippen molar-refractivity contribution in [3.05, 3.63) is 34.1 Å². The molecule has 1 heterocycles. The Kier molecular flexibility index (Phi) is 5.67. The molecule has 0 aliphatic carbocycles. The second kappa shape index (κ2) is 7.21. The van der Waals surface area contributed by atoms with Gasteiger partial charge < -0.3 is 11.2 Å². The Balaban J connectivity index is 2.08. The normalized spacial score (nSPS) is 12.9. The van der Waals surface area contributed by atoms with Gasteiger partial charge in [-0.3, -0.25) is 4.79 Å². The zero-order valence-corrected chi connectivity index (χ0v) is 16.1. The highest BCUT2D eigenvalue weighted by Gasteiger charge is 2.25. The van der Waals surface area contributed by atoms with Crippen molar-refractivity contribution < 1.29 is 4.79 Å². The number of hydrogen-bond acceptors (Lipinski definition) is 5. The lowest BCUT2D eigenvalue weighted by molar-refractivity contribution is -0.115. The summed E-state index contributed by atoms with van der Waals surface area (Å²) in [4.78, 5) is 12.3. The van der Waals surface area contributed by atoms with Crippen molar-refractivity contribution in [2.24, 2.45) is 0 Å². The molecule has 9 heteroatoms. The number of benzene rings is 1. The monoisotopic (exact) mass is 387 g/mol. The third-order valence-corrected chi connectivity index (χ3v) is 4.78. The molecule has 1 amide bonds. The molecule has 24 heavy (non-hydrogen) atoms. The number of carbonyl (C=O) groups excluding carboxylic acids is 1. The average Bonchev–Trinajstić information content (AvgIpc) is 2.83. The molecule has 1 aromatic heterocycles. The number of carbonyl (C=O) groups is 1. The maximum absolute atomic E-state index is 12.3. The van der Waals surface area contributed by atoms with Gasteiger partial charge in [-0.25, -0.2) is 4.68 Å². The molecule has 1 aromatic carbocycles. The molecule has 0 bridgehead atoms. The number of aromatic nitrogens is 3. The van der Waals surface area contributed by atoms with Crippen molar-refractivity contribution in [1.82, 2.24) is 14.9 Å². The lowest BCUT2D eigenvalue weighted by atomic mass is 9.96. The van der Waals surface area contributed by atoms with E-state index < -0.39 is 5.25 Å². The second-order valence-corrected chi connectivity index (χ2v) is 8.45. The minimum Gasteiger partial charge on any atom is -0.336 e. The third kappa shape index (κ3) is 4.34. The first-order valence-electron chi connectivity index (χ1n) is 7.23. The molecule has 2 rings (SSSR count). The highest BCUT2D eigenvalue weighted by molar-refractivity contribution is 8.00. The summed E-state index contributed by atoms with van der Waals surface area (Å²) in [6, 6.07) is 4.89. The van der Waals surface area contributed by atoms with E-state index in [4.69, 9.17) is 29.0 Å². The number of nitrogen functional groups attached to an aromatic ring is 1. The van der Waals surface area contributed by atoms with Crippen molar-refractivity contribution in [3.63, 3.8) is 0 Å². The van der Waals surface area contributed by atoms with Crippen LogP contribution in [0.3, 0.4) is 0 Å². The summed E-state index contributed by atoms with van der Waals surface area (Å²) in [5.74, 6) is 6.47. The Hall–Kier alpha value is -1.44. The molecule has 0 aliphatic rings. The molecule has 0 radical (unpaired) electrons. The SMILES string of the molecule is C[C@@H](Sc1nnc(C(C)(C)C)n1N)C(=O)Nc1ccc(Cl)cc1Cl. The van der Waals surface area contributed by atoms with Gasteiger partial charge in [0, 0.05) is 10.4 Å². The van der Waals surface area contributed by atoms with Crippen LogP contribution in [-0.4, -0.2) is 26.0 Å². The first-order valence-corrected chi connectivity index (χ1v) is 8.86. The van der Waals surface area contributed by atoms with Crippen molar-refractivity contribution in [3.8, 4) is 0 Å². The highest BCUT2D eigenvalue weighted by atomic mass is 35.5. The lowest BCUT2D eigenvalue weighted by Gasteiger charge is -2.17. The first-order chi connectivity index (χ1) is 11.1. The van der Waals surface area contributed by atoms with Gasteiger partial charge in [-0.2, -0.15) is 0 Å². The number of hydrogen-bond donors (Lipinski definition) is 2. The molecule has 1 atom stereocenters. The molecule has 0 fully saturated rings. The highest BCUT2D eigenvalue weighted by Crippen LogP contribution is 2.28. The number of thioether (sulfide) groups is 1. The van der Waals surface area contributed by atoms with Gasteiger partial charge in [0.25, 0.3) is 0 Å². The number of rotatable bonds is 4. The summed E-state index contributed by atoms with van der Waals surface area (Å²) in [7, 11) is 0. The van der Waals surface area contributed by atoms with Gasteiger partial charge >= 0.3 is 0 Å². The van der Waals surface area contributed by atoms with Crippen molar-refractivity contribution in [2.45, 2.75) is 43.5 Å². The molecular weight excluding hydrogens is 369 g/mol. The van der Waals surface area contributed by atoms with Crippen LogP contribution in [0.2, 0.25) is 10.0 Å². The minimum atomic E-state index is -0.434. The van der Waals surface area contributed by atoms with Crippen LogP contribution in [0.5, 0.6) is 0 Å². The van der Waals surface area contributed by atoms with E-state index in [9.17, 15) is 4.79 Å². The van der Waals surface area contributed by atoms with Gasteiger partial charge in [-0.1, -0.05) is 55.7 Å². The Labute approximate surface area is 155 Å². The Bertz CT molecular complexity index is 757. The van der Waals surface area contributed by atoms with Crippen molar-refractivity contribution in [2.75, 3.05) is 11.2 Å². The summed E-state index contributed by atoms with van der Waals surface area (Å²) >= 11 is 13.1. The molecule has 0 spiro atoms. The fourth-order valence-corrected chi connectivity index (χ4v) is 3.13. The molecule has 130 valence electrons. The van der Waals surface area contributed by atoms with E-state index in [2.05, 4.69) is 15.5 Å². The van der Waals surface area contributed by atoms with Crippen LogP contribution in [0.1, 0.15) is 33.5 Å². The van der Waals surface area contributed by atoms with Crippen molar-refractivity contribution >= 4 is 46.6 Å². The van der Waals surface area contributed by atoms with Gasteiger partial charge in [-0.15, -0.1) is 10.2 Å². The fraction of sp³-hybridized carbons (Fsp3) is 0.400. The molecule has 0 unspecified atom stereocenters. The third-order valence-electron chi connectivity index (χ3n) is 3.18. The average molecular weight is 388 g/mol. The molecule has 0 saturated heterocycles. The first kappa shape index (κ1) is 18.9. The Morgan fingerprint density at radius 1 is 1.33 bits per heavy atom. The van der Waals surface area contributed by atoms with Crippen LogP contribution >= 0.6 is 35.0 Å². The largest absolute Gasteiger partial charge is 0.336 e. The summed E-state index contributed by atoms with van der Waals surface area (Å²) in [5, 5.41) is 11.9. The number of amides is 1.